The third-order valence-corrected chi connectivity index (χ3v) is 4.27. The number of hydrogen-bond acceptors (Lipinski definition) is 6. The summed E-state index contributed by atoms with van der Waals surface area (Å²) in [6.45, 7) is 10.1. The molecule has 3 atom stereocenters. The third kappa shape index (κ3) is 2.87. The van der Waals surface area contributed by atoms with E-state index >= 15 is 0 Å². The monoisotopic (exact) mass is 280 g/mol. The standard InChI is InChI=1S/C14H24N4O2/c1-3-4-18-5-6-19-12(9-18)13-16-14(20-17-13)11-8-15-7-10(11)2/h10-12,15H,3-9H2,1-2H3. The first-order chi connectivity index (χ1) is 9.78. The van der Waals surface area contributed by atoms with Gasteiger partial charge in [-0.3, -0.25) is 4.90 Å². The molecule has 2 aliphatic rings. The van der Waals surface area contributed by atoms with Gasteiger partial charge in [0.2, 0.25) is 11.7 Å². The average Bonchev–Trinajstić information content (AvgIpc) is 3.08. The molecule has 112 valence electrons. The van der Waals surface area contributed by atoms with E-state index in [9.17, 15) is 0 Å². The topological polar surface area (TPSA) is 63.4 Å². The molecule has 0 bridgehead atoms. The van der Waals surface area contributed by atoms with Crippen molar-refractivity contribution in [3.63, 3.8) is 0 Å². The van der Waals surface area contributed by atoms with E-state index in [0.29, 0.717) is 17.7 Å². The smallest absolute Gasteiger partial charge is 0.231 e. The van der Waals surface area contributed by atoms with Gasteiger partial charge in [-0.1, -0.05) is 19.0 Å². The van der Waals surface area contributed by atoms with Crippen molar-refractivity contribution in [3.05, 3.63) is 11.7 Å². The lowest BCUT2D eigenvalue weighted by Crippen LogP contribution is -2.39. The molecule has 6 nitrogen and oxygen atoms in total. The van der Waals surface area contributed by atoms with E-state index in [4.69, 9.17) is 9.26 Å². The van der Waals surface area contributed by atoms with Gasteiger partial charge in [-0.05, 0) is 25.4 Å². The first kappa shape index (κ1) is 14.0. The van der Waals surface area contributed by atoms with Crippen molar-refractivity contribution in [2.75, 3.05) is 39.3 Å². The molecular formula is C14H24N4O2. The fraction of sp³-hybridized carbons (Fsp3) is 0.857. The van der Waals surface area contributed by atoms with Crippen molar-refractivity contribution >= 4 is 0 Å². The molecule has 20 heavy (non-hydrogen) atoms. The molecule has 0 amide bonds. The highest BCUT2D eigenvalue weighted by molar-refractivity contribution is 5.03. The fourth-order valence-corrected chi connectivity index (χ4v) is 3.05. The Kier molecular flexibility index (Phi) is 4.33. The summed E-state index contributed by atoms with van der Waals surface area (Å²) >= 11 is 0. The van der Waals surface area contributed by atoms with Crippen LogP contribution in [0.3, 0.4) is 0 Å². The molecular weight excluding hydrogens is 256 g/mol. The van der Waals surface area contributed by atoms with E-state index in [1.54, 1.807) is 0 Å². The maximum atomic E-state index is 5.80. The lowest BCUT2D eigenvalue weighted by molar-refractivity contribution is -0.0350. The van der Waals surface area contributed by atoms with Crippen LogP contribution in [-0.2, 0) is 4.74 Å². The van der Waals surface area contributed by atoms with Gasteiger partial charge in [-0.15, -0.1) is 0 Å². The number of morpholine rings is 1. The second-order valence-corrected chi connectivity index (χ2v) is 5.89. The quantitative estimate of drug-likeness (QED) is 0.893. The number of ether oxygens (including phenoxy) is 1. The summed E-state index contributed by atoms with van der Waals surface area (Å²) in [7, 11) is 0. The van der Waals surface area contributed by atoms with Crippen molar-refractivity contribution in [1.29, 1.82) is 0 Å². The van der Waals surface area contributed by atoms with Crippen LogP contribution in [0.5, 0.6) is 0 Å². The molecule has 2 aliphatic heterocycles. The lowest BCUT2D eigenvalue weighted by atomic mass is 9.98. The average molecular weight is 280 g/mol. The Morgan fingerprint density at radius 2 is 2.30 bits per heavy atom. The first-order valence-electron chi connectivity index (χ1n) is 7.66. The van der Waals surface area contributed by atoms with E-state index in [1.807, 2.05) is 0 Å². The lowest BCUT2D eigenvalue weighted by Gasteiger charge is -2.30. The van der Waals surface area contributed by atoms with Crippen LogP contribution in [0, 0.1) is 5.92 Å². The van der Waals surface area contributed by atoms with Gasteiger partial charge < -0.3 is 14.6 Å². The second-order valence-electron chi connectivity index (χ2n) is 5.89. The summed E-state index contributed by atoms with van der Waals surface area (Å²) in [6, 6.07) is 0. The summed E-state index contributed by atoms with van der Waals surface area (Å²) in [4.78, 5) is 7.00. The van der Waals surface area contributed by atoms with Gasteiger partial charge in [-0.2, -0.15) is 4.98 Å². The molecule has 6 heteroatoms. The highest BCUT2D eigenvalue weighted by Gasteiger charge is 2.32. The molecule has 0 radical (unpaired) electrons. The molecule has 1 aromatic heterocycles. The SMILES string of the molecule is CCCN1CCOC(c2noc(C3CNCC3C)n2)C1. The zero-order valence-electron chi connectivity index (χ0n) is 12.3. The van der Waals surface area contributed by atoms with Crippen molar-refractivity contribution in [1.82, 2.24) is 20.4 Å². The molecule has 0 aliphatic carbocycles. The summed E-state index contributed by atoms with van der Waals surface area (Å²) in [5, 5.41) is 7.51. The number of nitrogens with zero attached hydrogens (tertiary/aromatic N) is 3. The molecule has 3 rings (SSSR count). The zero-order chi connectivity index (χ0) is 13.9. The molecule has 2 fully saturated rings. The predicted octanol–water partition coefficient (Wildman–Crippen LogP) is 1.18. The number of nitrogens with one attached hydrogen (secondary N) is 1. The third-order valence-electron chi connectivity index (χ3n) is 4.27. The zero-order valence-corrected chi connectivity index (χ0v) is 12.3. The highest BCUT2D eigenvalue weighted by Crippen LogP contribution is 2.28. The molecule has 2 saturated heterocycles. The van der Waals surface area contributed by atoms with Crippen LogP contribution < -0.4 is 5.32 Å². The van der Waals surface area contributed by atoms with E-state index in [1.165, 1.54) is 0 Å². The Balaban J connectivity index is 1.66. The van der Waals surface area contributed by atoms with Crippen LogP contribution in [-0.4, -0.2) is 54.4 Å². The van der Waals surface area contributed by atoms with Crippen molar-refractivity contribution in [2.45, 2.75) is 32.3 Å². The Bertz CT molecular complexity index is 435. The van der Waals surface area contributed by atoms with Gasteiger partial charge in [0.15, 0.2) is 0 Å². The van der Waals surface area contributed by atoms with Crippen LogP contribution in [0.1, 0.15) is 44.0 Å². The van der Waals surface area contributed by atoms with Crippen molar-refractivity contribution in [2.24, 2.45) is 5.92 Å². The highest BCUT2D eigenvalue weighted by atomic mass is 16.5. The van der Waals surface area contributed by atoms with Gasteiger partial charge in [-0.25, -0.2) is 0 Å². The molecule has 3 heterocycles. The molecule has 0 spiro atoms. The molecule has 1 aromatic rings. The van der Waals surface area contributed by atoms with Crippen molar-refractivity contribution in [3.8, 4) is 0 Å². The van der Waals surface area contributed by atoms with Crippen LogP contribution in [0.2, 0.25) is 0 Å². The molecule has 0 saturated carbocycles. The van der Waals surface area contributed by atoms with Gasteiger partial charge in [0, 0.05) is 19.6 Å². The Morgan fingerprint density at radius 3 is 3.05 bits per heavy atom. The summed E-state index contributed by atoms with van der Waals surface area (Å²) in [6.07, 6.45) is 1.12. The Labute approximate surface area is 119 Å². The Hall–Kier alpha value is -0.980. The number of hydrogen-bond donors (Lipinski definition) is 1. The first-order valence-corrected chi connectivity index (χ1v) is 7.66. The van der Waals surface area contributed by atoms with Crippen LogP contribution in [0.25, 0.3) is 0 Å². The van der Waals surface area contributed by atoms with E-state index < -0.39 is 0 Å². The summed E-state index contributed by atoms with van der Waals surface area (Å²) in [5.41, 5.74) is 0. The van der Waals surface area contributed by atoms with E-state index in [0.717, 1.165) is 51.6 Å². The van der Waals surface area contributed by atoms with E-state index in [2.05, 4.69) is 34.2 Å². The maximum Gasteiger partial charge on any atom is 0.231 e. The molecule has 3 unspecified atom stereocenters. The van der Waals surface area contributed by atoms with Gasteiger partial charge in [0.1, 0.15) is 6.10 Å². The largest absolute Gasteiger partial charge is 0.367 e. The minimum Gasteiger partial charge on any atom is -0.367 e. The number of aromatic nitrogens is 2. The molecule has 0 aromatic carbocycles. The Morgan fingerprint density at radius 1 is 1.40 bits per heavy atom. The van der Waals surface area contributed by atoms with Gasteiger partial charge >= 0.3 is 0 Å². The summed E-state index contributed by atoms with van der Waals surface area (Å²) < 4.78 is 11.3. The maximum absolute atomic E-state index is 5.80. The second kappa shape index (κ2) is 6.20. The van der Waals surface area contributed by atoms with E-state index in [-0.39, 0.29) is 6.10 Å². The van der Waals surface area contributed by atoms with Crippen molar-refractivity contribution < 1.29 is 9.26 Å². The minimum absolute atomic E-state index is 0.0440. The van der Waals surface area contributed by atoms with Crippen LogP contribution >= 0.6 is 0 Å². The van der Waals surface area contributed by atoms with Gasteiger partial charge in [0.05, 0.1) is 12.5 Å². The van der Waals surface area contributed by atoms with Crippen LogP contribution in [0.4, 0.5) is 0 Å². The normalized spacial score (nSPS) is 31.8. The summed E-state index contributed by atoms with van der Waals surface area (Å²) in [5.74, 6) is 2.35. The van der Waals surface area contributed by atoms with Crippen LogP contribution in [0.15, 0.2) is 4.52 Å². The molecule has 1 N–H and O–H groups in total. The predicted molar refractivity (Wildman–Crippen MR) is 74.5 cm³/mol. The fourth-order valence-electron chi connectivity index (χ4n) is 3.05. The number of rotatable bonds is 4. The minimum atomic E-state index is -0.0440. The van der Waals surface area contributed by atoms with Gasteiger partial charge in [0.25, 0.3) is 0 Å².